The summed E-state index contributed by atoms with van der Waals surface area (Å²) in [5, 5.41) is 2.58. The lowest BCUT2D eigenvalue weighted by molar-refractivity contribution is 0.0949. The smallest absolute Gasteiger partial charge is 0.260 e. The largest absolute Gasteiger partial charge is 0.348 e. The molecule has 0 radical (unpaired) electrons. The average molecular weight is 273 g/mol. The summed E-state index contributed by atoms with van der Waals surface area (Å²) < 4.78 is 0. The van der Waals surface area contributed by atoms with Gasteiger partial charge in [-0.25, -0.2) is 0 Å². The number of hydrogen-bond donors (Lipinski definition) is 3. The maximum Gasteiger partial charge on any atom is 0.260 e. The Bertz CT molecular complexity index is 759. The highest BCUT2D eigenvalue weighted by atomic mass is 16.2. The van der Waals surface area contributed by atoms with Crippen molar-refractivity contribution < 1.29 is 4.79 Å². The summed E-state index contributed by atoms with van der Waals surface area (Å²) in [6.07, 6.45) is 1.45. The van der Waals surface area contributed by atoms with Gasteiger partial charge in [0.1, 0.15) is 5.56 Å². The van der Waals surface area contributed by atoms with E-state index < -0.39 is 11.5 Å². The van der Waals surface area contributed by atoms with E-state index in [-0.39, 0.29) is 17.7 Å². The number of pyridine rings is 2. The van der Waals surface area contributed by atoms with E-state index in [1.807, 2.05) is 6.07 Å². The molecule has 104 valence electrons. The van der Waals surface area contributed by atoms with Crippen LogP contribution in [0.5, 0.6) is 0 Å². The van der Waals surface area contributed by atoms with Crippen molar-refractivity contribution in [1.29, 1.82) is 0 Å². The molecule has 20 heavy (non-hydrogen) atoms. The highest BCUT2D eigenvalue weighted by Gasteiger charge is 2.11. The van der Waals surface area contributed by atoms with Crippen LogP contribution in [0.3, 0.4) is 0 Å². The number of aryl methyl sites for hydroxylation is 2. The molecule has 0 saturated carbocycles. The van der Waals surface area contributed by atoms with Gasteiger partial charge in [-0.15, -0.1) is 0 Å². The lowest BCUT2D eigenvalue weighted by Gasteiger charge is -2.07. The van der Waals surface area contributed by atoms with Crippen LogP contribution in [-0.4, -0.2) is 15.9 Å². The first kappa shape index (κ1) is 13.8. The molecule has 2 aromatic heterocycles. The van der Waals surface area contributed by atoms with Crippen LogP contribution in [0.2, 0.25) is 0 Å². The highest BCUT2D eigenvalue weighted by molar-refractivity contribution is 5.93. The second-order valence-corrected chi connectivity index (χ2v) is 4.54. The molecule has 0 unspecified atom stereocenters. The third-order valence-electron chi connectivity index (χ3n) is 2.98. The Hall–Kier alpha value is -2.63. The maximum atomic E-state index is 11.9. The summed E-state index contributed by atoms with van der Waals surface area (Å²) in [6, 6.07) is 4.83. The van der Waals surface area contributed by atoms with Gasteiger partial charge < -0.3 is 15.3 Å². The number of aromatic amines is 2. The van der Waals surface area contributed by atoms with E-state index in [0.29, 0.717) is 5.56 Å². The van der Waals surface area contributed by atoms with Gasteiger partial charge in [0.25, 0.3) is 17.0 Å². The zero-order valence-electron chi connectivity index (χ0n) is 11.2. The lowest BCUT2D eigenvalue weighted by atomic mass is 10.1. The molecule has 0 fully saturated rings. The van der Waals surface area contributed by atoms with Crippen LogP contribution < -0.4 is 16.4 Å². The number of rotatable bonds is 3. The number of H-pyrrole nitrogens is 2. The minimum atomic E-state index is -0.508. The minimum absolute atomic E-state index is 0.0219. The molecule has 0 bridgehead atoms. The zero-order chi connectivity index (χ0) is 14.7. The Kier molecular flexibility index (Phi) is 3.84. The number of carbonyl (C=O) groups is 1. The van der Waals surface area contributed by atoms with Crippen LogP contribution in [0.25, 0.3) is 0 Å². The van der Waals surface area contributed by atoms with E-state index in [9.17, 15) is 14.4 Å². The number of hydrogen-bond acceptors (Lipinski definition) is 3. The molecule has 0 aliphatic carbocycles. The van der Waals surface area contributed by atoms with E-state index >= 15 is 0 Å². The fourth-order valence-corrected chi connectivity index (χ4v) is 1.97. The predicted molar refractivity (Wildman–Crippen MR) is 74.8 cm³/mol. The summed E-state index contributed by atoms with van der Waals surface area (Å²) in [6.45, 7) is 3.67. The van der Waals surface area contributed by atoms with E-state index in [2.05, 4.69) is 15.3 Å². The Morgan fingerprint density at radius 1 is 1.25 bits per heavy atom. The number of aromatic nitrogens is 2. The molecular formula is C14H15N3O3. The molecule has 0 aliphatic heterocycles. The van der Waals surface area contributed by atoms with Gasteiger partial charge in [-0.2, -0.15) is 0 Å². The quantitative estimate of drug-likeness (QED) is 0.764. The molecule has 6 nitrogen and oxygen atoms in total. The monoisotopic (exact) mass is 273 g/mol. The molecule has 2 heterocycles. The number of nitrogens with one attached hydrogen (secondary N) is 3. The zero-order valence-corrected chi connectivity index (χ0v) is 11.2. The Morgan fingerprint density at radius 3 is 2.65 bits per heavy atom. The molecule has 3 N–H and O–H groups in total. The molecule has 2 aromatic rings. The van der Waals surface area contributed by atoms with E-state index in [4.69, 9.17) is 0 Å². The molecule has 1 amide bonds. The van der Waals surface area contributed by atoms with Gasteiger partial charge in [0.15, 0.2) is 0 Å². The fraction of sp³-hybridized carbons (Fsp3) is 0.214. The number of amides is 1. The molecule has 2 rings (SSSR count). The van der Waals surface area contributed by atoms with Gasteiger partial charge in [-0.3, -0.25) is 14.4 Å². The first-order valence-corrected chi connectivity index (χ1v) is 6.14. The molecule has 0 aromatic carbocycles. The maximum absolute atomic E-state index is 11.9. The second kappa shape index (κ2) is 5.56. The molecule has 0 aliphatic rings. The van der Waals surface area contributed by atoms with Crippen molar-refractivity contribution in [3.8, 4) is 0 Å². The van der Waals surface area contributed by atoms with Gasteiger partial charge in [0.05, 0.1) is 0 Å². The van der Waals surface area contributed by atoms with Gasteiger partial charge in [-0.1, -0.05) is 0 Å². The summed E-state index contributed by atoms with van der Waals surface area (Å²) in [5.41, 5.74) is 1.38. The third kappa shape index (κ3) is 2.85. The molecule has 0 spiro atoms. The fourth-order valence-electron chi connectivity index (χ4n) is 1.97. The first-order valence-electron chi connectivity index (χ1n) is 6.14. The standard InChI is InChI=1S/C14H15N3O3/c1-8-6-9(2)17-14(20)11(8)7-16-13(19)10-4-3-5-15-12(10)18/h3-6H,7H2,1-2H3,(H,15,18)(H,16,19)(H,17,20). The second-order valence-electron chi connectivity index (χ2n) is 4.54. The van der Waals surface area contributed by atoms with Crippen molar-refractivity contribution in [2.75, 3.05) is 0 Å². The van der Waals surface area contributed by atoms with Gasteiger partial charge in [0, 0.05) is 24.0 Å². The van der Waals surface area contributed by atoms with E-state index in [0.717, 1.165) is 11.3 Å². The SMILES string of the molecule is Cc1cc(C)c(CNC(=O)c2ccc[nH]c2=O)c(=O)[nH]1. The van der Waals surface area contributed by atoms with Gasteiger partial charge in [-0.05, 0) is 37.6 Å². The normalized spacial score (nSPS) is 10.3. The molecule has 0 atom stereocenters. The minimum Gasteiger partial charge on any atom is -0.348 e. The van der Waals surface area contributed by atoms with Crippen LogP contribution in [0.15, 0.2) is 34.0 Å². The Balaban J connectivity index is 2.18. The van der Waals surface area contributed by atoms with Crippen molar-refractivity contribution in [3.05, 3.63) is 67.5 Å². The summed E-state index contributed by atoms with van der Waals surface area (Å²) in [7, 11) is 0. The Morgan fingerprint density at radius 2 is 2.00 bits per heavy atom. The van der Waals surface area contributed by atoms with Crippen LogP contribution >= 0.6 is 0 Å². The van der Waals surface area contributed by atoms with Crippen molar-refractivity contribution >= 4 is 5.91 Å². The van der Waals surface area contributed by atoms with Crippen LogP contribution in [0.1, 0.15) is 27.2 Å². The third-order valence-corrected chi connectivity index (χ3v) is 2.98. The Labute approximate surface area is 114 Å². The lowest BCUT2D eigenvalue weighted by Crippen LogP contribution is -2.31. The van der Waals surface area contributed by atoms with Crippen LogP contribution in [-0.2, 0) is 6.54 Å². The first-order chi connectivity index (χ1) is 9.49. The van der Waals surface area contributed by atoms with Crippen LogP contribution in [0.4, 0.5) is 0 Å². The molecule has 0 saturated heterocycles. The summed E-state index contributed by atoms with van der Waals surface area (Å²) in [5.74, 6) is -0.508. The average Bonchev–Trinajstić information content (AvgIpc) is 2.37. The van der Waals surface area contributed by atoms with E-state index in [1.54, 1.807) is 19.9 Å². The van der Waals surface area contributed by atoms with Crippen LogP contribution in [0, 0.1) is 13.8 Å². The van der Waals surface area contributed by atoms with Crippen molar-refractivity contribution in [2.45, 2.75) is 20.4 Å². The summed E-state index contributed by atoms with van der Waals surface area (Å²) in [4.78, 5) is 40.3. The van der Waals surface area contributed by atoms with E-state index in [1.165, 1.54) is 12.3 Å². The van der Waals surface area contributed by atoms with Gasteiger partial charge >= 0.3 is 0 Å². The number of carbonyl (C=O) groups excluding carboxylic acids is 1. The van der Waals surface area contributed by atoms with Crippen molar-refractivity contribution in [2.24, 2.45) is 0 Å². The topological polar surface area (TPSA) is 94.8 Å². The van der Waals surface area contributed by atoms with Gasteiger partial charge in [0.2, 0.25) is 0 Å². The van der Waals surface area contributed by atoms with Crippen molar-refractivity contribution in [3.63, 3.8) is 0 Å². The predicted octanol–water partition coefficient (Wildman–Crippen LogP) is 0.610. The summed E-state index contributed by atoms with van der Waals surface area (Å²) >= 11 is 0. The molecule has 6 heteroatoms. The van der Waals surface area contributed by atoms with Crippen molar-refractivity contribution in [1.82, 2.24) is 15.3 Å². The highest BCUT2D eigenvalue weighted by Crippen LogP contribution is 2.03. The molecular weight excluding hydrogens is 258 g/mol.